The molecule has 3 rings (SSSR count). The zero-order valence-electron chi connectivity index (χ0n) is 10.6. The molecule has 0 aliphatic carbocycles. The normalized spacial score (nSPS) is 12.7. The van der Waals surface area contributed by atoms with E-state index in [0.29, 0.717) is 11.7 Å². The maximum absolute atomic E-state index is 5.72. The minimum atomic E-state index is 0.264. The monoisotopic (exact) mass is 273 g/mol. The van der Waals surface area contributed by atoms with Crippen molar-refractivity contribution >= 4 is 34.1 Å². The van der Waals surface area contributed by atoms with E-state index in [1.165, 1.54) is 5.56 Å². The third kappa shape index (κ3) is 2.71. The molecule has 0 aliphatic rings. The van der Waals surface area contributed by atoms with Crippen LogP contribution in [0, 0.1) is 0 Å². The van der Waals surface area contributed by atoms with Gasteiger partial charge in [0.15, 0.2) is 5.58 Å². The highest BCUT2D eigenvalue weighted by atomic mass is 32.1. The molecule has 0 saturated heterocycles. The van der Waals surface area contributed by atoms with Crippen molar-refractivity contribution in [3.05, 3.63) is 40.6 Å². The first-order valence-electron chi connectivity index (χ1n) is 6.14. The molecular formula is C14H15N3OS. The van der Waals surface area contributed by atoms with Crippen molar-refractivity contribution < 1.29 is 4.42 Å². The van der Waals surface area contributed by atoms with Crippen LogP contribution in [0.3, 0.4) is 0 Å². The Hall–Kier alpha value is -2.01. The molecule has 0 amide bonds. The number of thiophene rings is 1. The molecule has 0 radical (unpaired) electrons. The van der Waals surface area contributed by atoms with Gasteiger partial charge in [-0.05, 0) is 53.9 Å². The number of nitrogens with one attached hydrogen (secondary N) is 1. The molecule has 3 aromatic rings. The lowest BCUT2D eigenvalue weighted by Gasteiger charge is -2.10. The van der Waals surface area contributed by atoms with Crippen molar-refractivity contribution in [2.24, 2.45) is 0 Å². The predicted octanol–water partition coefficient (Wildman–Crippen LogP) is 3.51. The number of hydrogen-bond donors (Lipinski definition) is 2. The molecule has 19 heavy (non-hydrogen) atoms. The molecule has 0 spiro atoms. The number of nitrogen functional groups attached to an aromatic ring is 1. The minimum absolute atomic E-state index is 0.264. The molecule has 0 aliphatic heterocycles. The third-order valence-corrected chi connectivity index (χ3v) is 3.64. The van der Waals surface area contributed by atoms with Crippen molar-refractivity contribution in [3.63, 3.8) is 0 Å². The van der Waals surface area contributed by atoms with Crippen molar-refractivity contribution in [1.29, 1.82) is 0 Å². The van der Waals surface area contributed by atoms with Gasteiger partial charge in [-0.2, -0.15) is 16.3 Å². The lowest BCUT2D eigenvalue weighted by molar-refractivity contribution is 0.599. The summed E-state index contributed by atoms with van der Waals surface area (Å²) >= 11 is 1.71. The summed E-state index contributed by atoms with van der Waals surface area (Å²) < 4.78 is 5.64. The van der Waals surface area contributed by atoms with Crippen LogP contribution in [-0.4, -0.2) is 11.0 Å². The summed E-state index contributed by atoms with van der Waals surface area (Å²) in [6, 6.07) is 8.41. The second kappa shape index (κ2) is 4.93. The maximum Gasteiger partial charge on any atom is 0.295 e. The fraction of sp³-hybridized carbons (Fsp3) is 0.214. The number of rotatable bonds is 4. The van der Waals surface area contributed by atoms with Gasteiger partial charge in [-0.25, -0.2) is 0 Å². The van der Waals surface area contributed by atoms with Crippen LogP contribution in [-0.2, 0) is 6.42 Å². The summed E-state index contributed by atoms with van der Waals surface area (Å²) in [4.78, 5) is 4.39. The van der Waals surface area contributed by atoms with E-state index in [9.17, 15) is 0 Å². The van der Waals surface area contributed by atoms with Gasteiger partial charge in [0.25, 0.3) is 6.01 Å². The van der Waals surface area contributed by atoms with Gasteiger partial charge >= 0.3 is 0 Å². The van der Waals surface area contributed by atoms with Crippen LogP contribution in [0.5, 0.6) is 0 Å². The molecule has 3 N–H and O–H groups in total. The summed E-state index contributed by atoms with van der Waals surface area (Å²) in [5.74, 6) is 0. The Kier molecular flexibility index (Phi) is 3.13. The molecule has 0 bridgehead atoms. The second-order valence-electron chi connectivity index (χ2n) is 4.63. The largest absolute Gasteiger partial charge is 0.424 e. The first-order chi connectivity index (χ1) is 9.20. The third-order valence-electron chi connectivity index (χ3n) is 2.90. The van der Waals surface area contributed by atoms with E-state index in [0.717, 1.165) is 17.5 Å². The molecular weight excluding hydrogens is 258 g/mol. The minimum Gasteiger partial charge on any atom is -0.424 e. The summed E-state index contributed by atoms with van der Waals surface area (Å²) in [5, 5.41) is 7.52. The van der Waals surface area contributed by atoms with Crippen LogP contribution in [0.4, 0.5) is 11.7 Å². The Bertz CT molecular complexity index is 675. The predicted molar refractivity (Wildman–Crippen MR) is 79.5 cm³/mol. The first kappa shape index (κ1) is 12.0. The van der Waals surface area contributed by atoms with Crippen LogP contribution in [0.25, 0.3) is 11.1 Å². The summed E-state index contributed by atoms with van der Waals surface area (Å²) in [7, 11) is 0. The molecule has 1 atom stereocenters. The van der Waals surface area contributed by atoms with E-state index >= 15 is 0 Å². The molecule has 2 aromatic heterocycles. The number of oxazole rings is 1. The van der Waals surface area contributed by atoms with Crippen LogP contribution >= 0.6 is 11.3 Å². The lowest BCUT2D eigenvalue weighted by Crippen LogP contribution is -2.17. The average Bonchev–Trinajstić information content (AvgIpc) is 2.97. The van der Waals surface area contributed by atoms with Crippen molar-refractivity contribution in [2.75, 3.05) is 11.1 Å². The molecule has 1 unspecified atom stereocenters. The number of aromatic nitrogens is 1. The number of nitrogens with zero attached hydrogens (tertiary/aromatic N) is 1. The van der Waals surface area contributed by atoms with Gasteiger partial charge in [-0.3, -0.25) is 0 Å². The fourth-order valence-corrected chi connectivity index (χ4v) is 2.71. The highest BCUT2D eigenvalue weighted by Gasteiger charge is 2.09. The highest BCUT2D eigenvalue weighted by Crippen LogP contribution is 2.22. The van der Waals surface area contributed by atoms with Crippen LogP contribution in [0.2, 0.25) is 0 Å². The SMILES string of the molecule is CC(Cc1ccsc1)Nc1nc2cc(N)ccc2o1. The highest BCUT2D eigenvalue weighted by molar-refractivity contribution is 7.07. The molecule has 5 heteroatoms. The number of fused-ring (bicyclic) bond motifs is 1. The topological polar surface area (TPSA) is 64.1 Å². The fourth-order valence-electron chi connectivity index (χ4n) is 2.03. The van der Waals surface area contributed by atoms with E-state index < -0.39 is 0 Å². The first-order valence-corrected chi connectivity index (χ1v) is 7.08. The number of anilines is 2. The van der Waals surface area contributed by atoms with Crippen LogP contribution in [0.15, 0.2) is 39.4 Å². The Morgan fingerprint density at radius 2 is 2.32 bits per heavy atom. The van der Waals surface area contributed by atoms with Gasteiger partial charge in [-0.15, -0.1) is 0 Å². The van der Waals surface area contributed by atoms with Gasteiger partial charge in [0.1, 0.15) is 5.52 Å². The molecule has 1 aromatic carbocycles. The van der Waals surface area contributed by atoms with Crippen molar-refractivity contribution in [1.82, 2.24) is 4.98 Å². The second-order valence-corrected chi connectivity index (χ2v) is 5.41. The Labute approximate surface area is 115 Å². The van der Waals surface area contributed by atoms with Crippen molar-refractivity contribution in [3.8, 4) is 0 Å². The quantitative estimate of drug-likeness (QED) is 0.714. The number of hydrogen-bond acceptors (Lipinski definition) is 5. The average molecular weight is 273 g/mol. The van der Waals surface area contributed by atoms with Gasteiger partial charge in [0, 0.05) is 11.7 Å². The summed E-state index contributed by atoms with van der Waals surface area (Å²) in [5.41, 5.74) is 9.27. The van der Waals surface area contributed by atoms with Gasteiger partial charge < -0.3 is 15.5 Å². The molecule has 0 fully saturated rings. The Balaban J connectivity index is 1.74. The standard InChI is InChI=1S/C14H15N3OS/c1-9(6-10-4-5-19-8-10)16-14-17-12-7-11(15)2-3-13(12)18-14/h2-5,7-9H,6,15H2,1H3,(H,16,17). The smallest absolute Gasteiger partial charge is 0.295 e. The van der Waals surface area contributed by atoms with E-state index in [4.69, 9.17) is 10.2 Å². The molecule has 4 nitrogen and oxygen atoms in total. The maximum atomic E-state index is 5.72. The molecule has 0 saturated carbocycles. The van der Waals surface area contributed by atoms with Gasteiger partial charge in [0.05, 0.1) is 0 Å². The van der Waals surface area contributed by atoms with Crippen molar-refractivity contribution in [2.45, 2.75) is 19.4 Å². The number of benzene rings is 1. The molecule has 98 valence electrons. The molecule has 2 heterocycles. The zero-order valence-corrected chi connectivity index (χ0v) is 11.4. The Morgan fingerprint density at radius 3 is 3.11 bits per heavy atom. The van der Waals surface area contributed by atoms with Gasteiger partial charge in [0.2, 0.25) is 0 Å². The Morgan fingerprint density at radius 1 is 1.42 bits per heavy atom. The summed E-state index contributed by atoms with van der Waals surface area (Å²) in [6.07, 6.45) is 0.949. The van der Waals surface area contributed by atoms with Crippen LogP contribution < -0.4 is 11.1 Å². The van der Waals surface area contributed by atoms with E-state index in [-0.39, 0.29) is 6.04 Å². The van der Waals surface area contributed by atoms with Gasteiger partial charge in [-0.1, -0.05) is 0 Å². The number of nitrogens with two attached hydrogens (primary N) is 1. The van der Waals surface area contributed by atoms with E-state index in [2.05, 4.69) is 34.1 Å². The summed E-state index contributed by atoms with van der Waals surface area (Å²) in [6.45, 7) is 2.11. The van der Waals surface area contributed by atoms with E-state index in [1.807, 2.05) is 18.2 Å². The van der Waals surface area contributed by atoms with Crippen LogP contribution in [0.1, 0.15) is 12.5 Å². The lowest BCUT2D eigenvalue weighted by atomic mass is 10.1. The van der Waals surface area contributed by atoms with E-state index in [1.54, 1.807) is 11.3 Å². The zero-order chi connectivity index (χ0) is 13.2.